The maximum atomic E-state index is 12.2. The van der Waals surface area contributed by atoms with Crippen molar-refractivity contribution in [2.24, 2.45) is 5.92 Å². The second kappa shape index (κ2) is 9.97. The maximum absolute atomic E-state index is 12.2. The van der Waals surface area contributed by atoms with Crippen molar-refractivity contribution in [3.63, 3.8) is 0 Å². The van der Waals surface area contributed by atoms with Crippen LogP contribution in [0.25, 0.3) is 0 Å². The molecule has 1 aromatic rings. The monoisotopic (exact) mass is 416 g/mol. The molecule has 1 aliphatic carbocycles. The van der Waals surface area contributed by atoms with E-state index in [0.717, 1.165) is 26.1 Å². The van der Waals surface area contributed by atoms with Gasteiger partial charge in [-0.1, -0.05) is 50.1 Å². The minimum Gasteiger partial charge on any atom is -0.338 e. The molecule has 2 amide bonds. The molecule has 0 aromatic carbocycles. The van der Waals surface area contributed by atoms with Crippen molar-refractivity contribution in [1.29, 1.82) is 0 Å². The number of hydrogen-bond donors (Lipinski definition) is 2. The molecule has 1 saturated carbocycles. The number of carbonyl (C=O) groups is 2. The molecule has 0 saturated heterocycles. The Kier molecular flexibility index (Phi) is 7.93. The van der Waals surface area contributed by atoms with E-state index in [2.05, 4.69) is 10.1 Å². The third kappa shape index (κ3) is 6.26. The smallest absolute Gasteiger partial charge is 0.308 e. The van der Waals surface area contributed by atoms with Gasteiger partial charge in [-0.05, 0) is 12.3 Å². The van der Waals surface area contributed by atoms with Gasteiger partial charge in [0, 0.05) is 19.4 Å². The Morgan fingerprint density at radius 2 is 2.00 bits per heavy atom. The predicted octanol–water partition coefficient (Wildman–Crippen LogP) is 1.83. The molecule has 2 rings (SSSR count). The molecule has 28 heavy (non-hydrogen) atoms. The normalized spacial score (nSPS) is 16.5. The number of hydroxylamine groups is 1. The molecule has 1 heterocycles. The lowest BCUT2D eigenvalue weighted by molar-refractivity contribution is -0.129. The summed E-state index contributed by atoms with van der Waals surface area (Å²) in [4.78, 5) is 27.8. The molecule has 0 spiro atoms. The number of amides is 2. The Bertz CT molecular complexity index is 772. The van der Waals surface area contributed by atoms with Gasteiger partial charge < -0.3 is 4.52 Å². The van der Waals surface area contributed by atoms with Gasteiger partial charge >= 0.3 is 5.91 Å². The van der Waals surface area contributed by atoms with Gasteiger partial charge in [0.1, 0.15) is 0 Å². The van der Waals surface area contributed by atoms with E-state index in [4.69, 9.17) is 9.73 Å². The van der Waals surface area contributed by atoms with Crippen LogP contribution in [0.5, 0.6) is 0 Å². The summed E-state index contributed by atoms with van der Waals surface area (Å²) < 4.78 is 28.7. The summed E-state index contributed by atoms with van der Waals surface area (Å²) in [6.45, 7) is 0. The Labute approximate surface area is 164 Å². The Morgan fingerprint density at radius 1 is 1.32 bits per heavy atom. The van der Waals surface area contributed by atoms with Gasteiger partial charge in [0.25, 0.3) is 5.82 Å². The quantitative estimate of drug-likeness (QED) is 0.458. The van der Waals surface area contributed by atoms with Gasteiger partial charge in [-0.3, -0.25) is 14.8 Å². The summed E-state index contributed by atoms with van der Waals surface area (Å²) in [5.74, 6) is -1.59. The SMILES string of the molecule is CN(C(=O)c1noc([C@H](CCCC2CCCCC2)CC(=O)NO)n1)S(C)(=O)=O. The first-order chi connectivity index (χ1) is 13.2. The minimum atomic E-state index is -3.75. The summed E-state index contributed by atoms with van der Waals surface area (Å²) in [6.07, 6.45) is 9.53. The first-order valence-electron chi connectivity index (χ1n) is 9.47. The van der Waals surface area contributed by atoms with Crippen molar-refractivity contribution >= 4 is 21.8 Å². The van der Waals surface area contributed by atoms with Gasteiger partial charge in [0.05, 0.1) is 6.26 Å². The van der Waals surface area contributed by atoms with Crippen molar-refractivity contribution in [2.45, 2.75) is 63.7 Å². The number of rotatable bonds is 9. The number of nitrogens with zero attached hydrogens (tertiary/aromatic N) is 3. The van der Waals surface area contributed by atoms with Crippen LogP contribution in [0.1, 0.15) is 80.2 Å². The third-order valence-corrected chi connectivity index (χ3v) is 6.37. The van der Waals surface area contributed by atoms with Gasteiger partial charge in [0.15, 0.2) is 0 Å². The fourth-order valence-electron chi connectivity index (χ4n) is 3.49. The van der Waals surface area contributed by atoms with Crippen molar-refractivity contribution < 1.29 is 27.7 Å². The lowest BCUT2D eigenvalue weighted by Crippen LogP contribution is -2.33. The van der Waals surface area contributed by atoms with E-state index < -0.39 is 27.8 Å². The molecule has 1 fully saturated rings. The van der Waals surface area contributed by atoms with E-state index in [0.29, 0.717) is 16.6 Å². The molecule has 0 aliphatic heterocycles. The maximum Gasteiger partial charge on any atom is 0.308 e. The highest BCUT2D eigenvalue weighted by atomic mass is 32.2. The van der Waals surface area contributed by atoms with Gasteiger partial charge in [-0.25, -0.2) is 18.2 Å². The van der Waals surface area contributed by atoms with E-state index in [9.17, 15) is 18.0 Å². The molecule has 0 radical (unpaired) electrons. The molecule has 1 aliphatic rings. The van der Waals surface area contributed by atoms with Crippen LogP contribution in [0.4, 0.5) is 0 Å². The van der Waals surface area contributed by atoms with Crippen LogP contribution in [0.2, 0.25) is 0 Å². The van der Waals surface area contributed by atoms with Crippen LogP contribution < -0.4 is 5.48 Å². The van der Waals surface area contributed by atoms with Gasteiger partial charge in [0.2, 0.25) is 21.8 Å². The number of hydrogen-bond acceptors (Lipinski definition) is 8. The van der Waals surface area contributed by atoms with E-state index in [-0.39, 0.29) is 18.1 Å². The van der Waals surface area contributed by atoms with E-state index in [1.807, 2.05) is 0 Å². The van der Waals surface area contributed by atoms with Crippen molar-refractivity contribution in [2.75, 3.05) is 13.3 Å². The second-order valence-corrected chi connectivity index (χ2v) is 9.38. The van der Waals surface area contributed by atoms with E-state index >= 15 is 0 Å². The summed E-state index contributed by atoms with van der Waals surface area (Å²) in [6, 6.07) is 0. The van der Waals surface area contributed by atoms with Gasteiger partial charge in [-0.15, -0.1) is 0 Å². The Balaban J connectivity index is 2.05. The molecule has 2 N–H and O–H groups in total. The zero-order valence-electron chi connectivity index (χ0n) is 16.3. The molecule has 10 nitrogen and oxygen atoms in total. The van der Waals surface area contributed by atoms with Crippen LogP contribution in [-0.2, 0) is 14.8 Å². The van der Waals surface area contributed by atoms with Gasteiger partial charge in [-0.2, -0.15) is 4.98 Å². The number of nitrogens with one attached hydrogen (secondary N) is 1. The van der Waals surface area contributed by atoms with Crippen LogP contribution in [0.3, 0.4) is 0 Å². The standard InChI is InChI=1S/C17H28N4O6S/c1-21(28(2,25)26)17(23)15-18-16(27-20-15)13(11-14(22)19-24)10-6-9-12-7-4-3-5-8-12/h12-13,24H,3-11H2,1-2H3,(H,19,22)/t13-/m1/s1. The summed E-state index contributed by atoms with van der Waals surface area (Å²) in [5, 5.41) is 12.4. The molecule has 0 unspecified atom stereocenters. The minimum absolute atomic E-state index is 0.0705. The number of sulfonamides is 1. The van der Waals surface area contributed by atoms with Crippen LogP contribution in [-0.4, -0.2) is 53.2 Å². The lowest BCUT2D eigenvalue weighted by atomic mass is 9.84. The molecule has 158 valence electrons. The molecule has 0 bridgehead atoms. The largest absolute Gasteiger partial charge is 0.338 e. The first kappa shape index (κ1) is 22.3. The summed E-state index contributed by atoms with van der Waals surface area (Å²) in [5.41, 5.74) is 1.59. The van der Waals surface area contributed by atoms with E-state index in [1.165, 1.54) is 32.1 Å². The lowest BCUT2D eigenvalue weighted by Gasteiger charge is -2.22. The fourth-order valence-corrected chi connectivity index (χ4v) is 3.87. The zero-order valence-corrected chi connectivity index (χ0v) is 17.1. The number of carbonyl (C=O) groups excluding carboxylic acids is 2. The fraction of sp³-hybridized carbons (Fsp3) is 0.765. The number of aromatic nitrogens is 2. The topological polar surface area (TPSA) is 143 Å². The van der Waals surface area contributed by atoms with E-state index in [1.54, 1.807) is 5.48 Å². The Morgan fingerprint density at radius 3 is 2.61 bits per heavy atom. The highest BCUT2D eigenvalue weighted by Gasteiger charge is 2.28. The average Bonchev–Trinajstić information content (AvgIpc) is 3.16. The molecule has 1 atom stereocenters. The molecular weight excluding hydrogens is 388 g/mol. The average molecular weight is 417 g/mol. The van der Waals surface area contributed by atoms with Crippen LogP contribution >= 0.6 is 0 Å². The third-order valence-electron chi connectivity index (χ3n) is 5.21. The highest BCUT2D eigenvalue weighted by molar-refractivity contribution is 7.88. The van der Waals surface area contributed by atoms with Crippen molar-refractivity contribution in [1.82, 2.24) is 19.9 Å². The molecular formula is C17H28N4O6S. The van der Waals surface area contributed by atoms with Crippen LogP contribution in [0, 0.1) is 5.92 Å². The van der Waals surface area contributed by atoms with Crippen molar-refractivity contribution in [3.05, 3.63) is 11.7 Å². The van der Waals surface area contributed by atoms with Crippen molar-refractivity contribution in [3.8, 4) is 0 Å². The summed E-state index contributed by atoms with van der Waals surface area (Å²) >= 11 is 0. The highest BCUT2D eigenvalue weighted by Crippen LogP contribution is 2.31. The van der Waals surface area contributed by atoms with Crippen LogP contribution in [0.15, 0.2) is 4.52 Å². The Hall–Kier alpha value is -2.01. The second-order valence-electron chi connectivity index (χ2n) is 7.36. The molecule has 11 heteroatoms. The zero-order chi connectivity index (χ0) is 20.7. The predicted molar refractivity (Wildman–Crippen MR) is 98.9 cm³/mol. The summed E-state index contributed by atoms with van der Waals surface area (Å²) in [7, 11) is -2.64. The first-order valence-corrected chi connectivity index (χ1v) is 11.3. The molecule has 1 aromatic heterocycles.